The number of nitrogens with zero attached hydrogens (tertiary/aromatic N) is 4. The zero-order chi connectivity index (χ0) is 17.9. The predicted octanol–water partition coefficient (Wildman–Crippen LogP) is 1.48. The number of nitrogens with one attached hydrogen (secondary N) is 2. The summed E-state index contributed by atoms with van der Waals surface area (Å²) in [6.07, 6.45) is 7.37. The molecule has 136 valence electrons. The highest BCUT2D eigenvalue weighted by atomic mass is 16.2. The van der Waals surface area contributed by atoms with Gasteiger partial charge in [-0.3, -0.25) is 4.79 Å². The van der Waals surface area contributed by atoms with Gasteiger partial charge in [-0.05, 0) is 26.2 Å². The van der Waals surface area contributed by atoms with Gasteiger partial charge in [0.25, 0.3) is 0 Å². The molecule has 2 N–H and O–H groups in total. The van der Waals surface area contributed by atoms with Gasteiger partial charge in [0, 0.05) is 25.4 Å². The van der Waals surface area contributed by atoms with E-state index in [2.05, 4.69) is 38.4 Å². The average molecular weight is 344 g/mol. The molecule has 1 fully saturated rings. The number of carbonyl (C=O) groups is 1. The van der Waals surface area contributed by atoms with Crippen LogP contribution in [0.1, 0.15) is 64.0 Å². The van der Waals surface area contributed by atoms with Crippen molar-refractivity contribution in [3.05, 3.63) is 11.6 Å². The first-order valence-corrected chi connectivity index (χ1v) is 9.47. The normalized spacial score (nSPS) is 23.3. The number of hydrogen-bond donors (Lipinski definition) is 2. The standard InChI is InChI=1S/C18H28N6O/c1-3-15-22-23-16-8-7-14(11-24(15)16)20-13(2)17(25)21-18(12-19)9-5-4-6-10-18/h13-14,20H,3-11H2,1-2H3,(H,21,25)/t13-,14+/m1/s1. The van der Waals surface area contributed by atoms with E-state index >= 15 is 0 Å². The lowest BCUT2D eigenvalue weighted by Gasteiger charge is -2.34. The molecule has 7 nitrogen and oxygen atoms in total. The molecule has 0 radical (unpaired) electrons. The second-order valence-corrected chi connectivity index (χ2v) is 7.36. The highest BCUT2D eigenvalue weighted by Crippen LogP contribution is 2.27. The number of carbonyl (C=O) groups excluding carboxylic acids is 1. The lowest BCUT2D eigenvalue weighted by Crippen LogP contribution is -2.56. The smallest absolute Gasteiger partial charge is 0.238 e. The van der Waals surface area contributed by atoms with Gasteiger partial charge in [0.15, 0.2) is 0 Å². The van der Waals surface area contributed by atoms with Crippen molar-refractivity contribution in [3.8, 4) is 6.07 Å². The average Bonchev–Trinajstić information content (AvgIpc) is 3.04. The van der Waals surface area contributed by atoms with E-state index < -0.39 is 5.54 Å². The van der Waals surface area contributed by atoms with Crippen LogP contribution in [-0.4, -0.2) is 38.3 Å². The quantitative estimate of drug-likeness (QED) is 0.843. The molecule has 0 spiro atoms. The fraction of sp³-hybridized carbons (Fsp3) is 0.778. The summed E-state index contributed by atoms with van der Waals surface area (Å²) in [4.78, 5) is 12.6. The number of aryl methyl sites for hydroxylation is 2. The molecule has 2 heterocycles. The molecule has 1 saturated carbocycles. The zero-order valence-corrected chi connectivity index (χ0v) is 15.2. The van der Waals surface area contributed by atoms with E-state index in [9.17, 15) is 10.1 Å². The Morgan fingerprint density at radius 2 is 2.16 bits per heavy atom. The summed E-state index contributed by atoms with van der Waals surface area (Å²) in [6, 6.07) is 2.25. The highest BCUT2D eigenvalue weighted by molar-refractivity contribution is 5.82. The maximum atomic E-state index is 12.6. The van der Waals surface area contributed by atoms with E-state index in [1.807, 2.05) is 6.92 Å². The maximum Gasteiger partial charge on any atom is 0.238 e. The number of nitriles is 1. The van der Waals surface area contributed by atoms with Crippen LogP contribution in [0, 0.1) is 11.3 Å². The predicted molar refractivity (Wildman–Crippen MR) is 93.7 cm³/mol. The van der Waals surface area contributed by atoms with Crippen LogP contribution in [0.15, 0.2) is 0 Å². The molecule has 0 saturated heterocycles. The fourth-order valence-corrected chi connectivity index (χ4v) is 3.97. The van der Waals surface area contributed by atoms with Gasteiger partial charge in [0.05, 0.1) is 12.1 Å². The molecule has 0 bridgehead atoms. The fourth-order valence-electron chi connectivity index (χ4n) is 3.97. The van der Waals surface area contributed by atoms with E-state index in [1.54, 1.807) is 0 Å². The van der Waals surface area contributed by atoms with Gasteiger partial charge in [-0.25, -0.2) is 0 Å². The van der Waals surface area contributed by atoms with Crippen molar-refractivity contribution < 1.29 is 4.79 Å². The number of hydrogen-bond acceptors (Lipinski definition) is 5. The summed E-state index contributed by atoms with van der Waals surface area (Å²) in [6.45, 7) is 4.76. The van der Waals surface area contributed by atoms with Crippen LogP contribution in [0.3, 0.4) is 0 Å². The molecular weight excluding hydrogens is 316 g/mol. The molecule has 7 heteroatoms. The summed E-state index contributed by atoms with van der Waals surface area (Å²) in [5.41, 5.74) is -0.672. The third-order valence-corrected chi connectivity index (χ3v) is 5.50. The van der Waals surface area contributed by atoms with Gasteiger partial charge >= 0.3 is 0 Å². The first-order chi connectivity index (χ1) is 12.1. The van der Waals surface area contributed by atoms with Crippen molar-refractivity contribution in [3.63, 3.8) is 0 Å². The van der Waals surface area contributed by atoms with Crippen LogP contribution in [0.25, 0.3) is 0 Å². The Morgan fingerprint density at radius 1 is 1.40 bits per heavy atom. The molecule has 1 aromatic rings. The van der Waals surface area contributed by atoms with Gasteiger partial charge in [-0.2, -0.15) is 5.26 Å². The first-order valence-electron chi connectivity index (χ1n) is 9.47. The molecule has 1 aromatic heterocycles. The Bertz CT molecular complexity index is 642. The second-order valence-electron chi connectivity index (χ2n) is 7.36. The topological polar surface area (TPSA) is 95.6 Å². The van der Waals surface area contributed by atoms with Crippen molar-refractivity contribution in [2.24, 2.45) is 0 Å². The molecule has 1 aliphatic heterocycles. The third kappa shape index (κ3) is 3.84. The molecular formula is C18H28N6O. The number of rotatable bonds is 5. The van der Waals surface area contributed by atoms with Crippen LogP contribution in [-0.2, 0) is 24.2 Å². The second kappa shape index (κ2) is 7.52. The SMILES string of the molecule is CCc1nnc2n1C[C@@H](N[C@H](C)C(=O)NC1(C#N)CCCCC1)CC2. The molecule has 3 rings (SSSR count). The van der Waals surface area contributed by atoms with Crippen LogP contribution >= 0.6 is 0 Å². The lowest BCUT2D eigenvalue weighted by molar-refractivity contribution is -0.124. The van der Waals surface area contributed by atoms with E-state index in [4.69, 9.17) is 0 Å². The van der Waals surface area contributed by atoms with Crippen LogP contribution in [0.5, 0.6) is 0 Å². The number of fused-ring (bicyclic) bond motifs is 1. The van der Waals surface area contributed by atoms with E-state index in [0.29, 0.717) is 0 Å². The Morgan fingerprint density at radius 3 is 2.84 bits per heavy atom. The summed E-state index contributed by atoms with van der Waals surface area (Å²) < 4.78 is 2.17. The molecule has 0 aromatic carbocycles. The molecule has 1 aliphatic carbocycles. The largest absolute Gasteiger partial charge is 0.336 e. The lowest BCUT2D eigenvalue weighted by atomic mass is 9.82. The minimum Gasteiger partial charge on any atom is -0.336 e. The van der Waals surface area contributed by atoms with Crippen molar-refractivity contribution >= 4 is 5.91 Å². The molecule has 2 atom stereocenters. The summed E-state index contributed by atoms with van der Waals surface area (Å²) >= 11 is 0. The van der Waals surface area contributed by atoms with Crippen LogP contribution < -0.4 is 10.6 Å². The summed E-state index contributed by atoms with van der Waals surface area (Å²) in [5.74, 6) is 1.97. The van der Waals surface area contributed by atoms with Crippen molar-refractivity contribution in [2.45, 2.75) is 89.4 Å². The Labute approximate surface area is 149 Å². The van der Waals surface area contributed by atoms with Gasteiger partial charge in [0.2, 0.25) is 5.91 Å². The Balaban J connectivity index is 1.58. The third-order valence-electron chi connectivity index (χ3n) is 5.50. The van der Waals surface area contributed by atoms with Crippen LogP contribution in [0.4, 0.5) is 0 Å². The Kier molecular flexibility index (Phi) is 5.38. The molecule has 2 aliphatic rings. The highest BCUT2D eigenvalue weighted by Gasteiger charge is 2.35. The van der Waals surface area contributed by atoms with Crippen molar-refractivity contribution in [1.29, 1.82) is 5.26 Å². The monoisotopic (exact) mass is 344 g/mol. The van der Waals surface area contributed by atoms with E-state index in [-0.39, 0.29) is 18.0 Å². The first kappa shape index (κ1) is 17.9. The van der Waals surface area contributed by atoms with Crippen molar-refractivity contribution in [2.75, 3.05) is 0 Å². The molecule has 0 unspecified atom stereocenters. The van der Waals surface area contributed by atoms with Crippen molar-refractivity contribution in [1.82, 2.24) is 25.4 Å². The number of aromatic nitrogens is 3. The minimum atomic E-state index is -0.672. The van der Waals surface area contributed by atoms with E-state index in [0.717, 1.165) is 69.6 Å². The Hall–Kier alpha value is -1.94. The van der Waals surface area contributed by atoms with Gasteiger partial charge in [-0.15, -0.1) is 10.2 Å². The minimum absolute atomic E-state index is 0.0753. The summed E-state index contributed by atoms with van der Waals surface area (Å²) in [5, 5.41) is 24.5. The van der Waals surface area contributed by atoms with E-state index in [1.165, 1.54) is 0 Å². The van der Waals surface area contributed by atoms with Gasteiger partial charge in [0.1, 0.15) is 17.2 Å². The van der Waals surface area contributed by atoms with Gasteiger partial charge < -0.3 is 15.2 Å². The molecule has 1 amide bonds. The summed E-state index contributed by atoms with van der Waals surface area (Å²) in [7, 11) is 0. The van der Waals surface area contributed by atoms with Crippen LogP contribution in [0.2, 0.25) is 0 Å². The zero-order valence-electron chi connectivity index (χ0n) is 15.2. The number of amides is 1. The van der Waals surface area contributed by atoms with Gasteiger partial charge in [-0.1, -0.05) is 26.2 Å². The molecule has 25 heavy (non-hydrogen) atoms. The maximum absolute atomic E-state index is 12.6.